The Morgan fingerprint density at radius 1 is 1.56 bits per heavy atom. The molecular weight excluding hydrogens is 124 g/mol. The summed E-state index contributed by atoms with van der Waals surface area (Å²) in [5.74, 6) is -0.741. The van der Waals surface area contributed by atoms with Crippen molar-refractivity contribution in [3.8, 4) is 0 Å². The quantitative estimate of drug-likeness (QED) is 0.400. The summed E-state index contributed by atoms with van der Waals surface area (Å²) in [5, 5.41) is 17.6. The number of aliphatic hydroxyl groups excluding tert-OH is 2. The van der Waals surface area contributed by atoms with Crippen LogP contribution in [0.25, 0.3) is 0 Å². The van der Waals surface area contributed by atoms with Crippen LogP contribution >= 0.6 is 0 Å². The van der Waals surface area contributed by atoms with Gasteiger partial charge in [0.2, 0.25) is 0 Å². The molecule has 0 aliphatic carbocycles. The van der Waals surface area contributed by atoms with Crippen LogP contribution in [-0.2, 0) is 9.53 Å². The van der Waals surface area contributed by atoms with Gasteiger partial charge in [0.25, 0.3) is 0 Å². The van der Waals surface area contributed by atoms with Gasteiger partial charge in [-0.05, 0) is 6.92 Å². The number of aliphatic hydroxyl groups is 2. The molecule has 2 N–H and O–H groups in total. The summed E-state index contributed by atoms with van der Waals surface area (Å²) in [5.41, 5.74) is 0. The molecule has 3 unspecified atom stereocenters. The third-order valence-corrected chi connectivity index (χ3v) is 1.35. The normalized spacial score (nSPS) is 43.0. The van der Waals surface area contributed by atoms with Crippen LogP contribution in [0.4, 0.5) is 0 Å². The molecule has 1 fully saturated rings. The van der Waals surface area contributed by atoms with Crippen molar-refractivity contribution >= 4 is 5.97 Å². The van der Waals surface area contributed by atoms with Crippen LogP contribution in [-0.4, -0.2) is 34.5 Å². The molecule has 3 atom stereocenters. The molecule has 4 heteroatoms. The molecule has 1 rings (SSSR count). The first kappa shape index (κ1) is 6.51. The highest BCUT2D eigenvalue weighted by Crippen LogP contribution is 2.14. The van der Waals surface area contributed by atoms with E-state index in [1.165, 1.54) is 6.92 Å². The molecule has 9 heavy (non-hydrogen) atoms. The van der Waals surface area contributed by atoms with E-state index < -0.39 is 24.3 Å². The van der Waals surface area contributed by atoms with Crippen molar-refractivity contribution < 1.29 is 19.7 Å². The van der Waals surface area contributed by atoms with E-state index in [4.69, 9.17) is 10.2 Å². The van der Waals surface area contributed by atoms with Crippen LogP contribution in [0.1, 0.15) is 6.92 Å². The van der Waals surface area contributed by atoms with Gasteiger partial charge in [-0.25, -0.2) is 4.79 Å². The van der Waals surface area contributed by atoms with E-state index in [9.17, 15) is 4.79 Å². The third kappa shape index (κ3) is 0.906. The van der Waals surface area contributed by atoms with Crippen LogP contribution in [0.3, 0.4) is 0 Å². The Hall–Kier alpha value is -0.610. The van der Waals surface area contributed by atoms with Gasteiger partial charge in [0, 0.05) is 0 Å². The summed E-state index contributed by atoms with van der Waals surface area (Å²) in [6, 6.07) is 0. The second kappa shape index (κ2) is 1.97. The molecule has 0 aromatic rings. The van der Waals surface area contributed by atoms with Gasteiger partial charge in [0.1, 0.15) is 12.2 Å². The van der Waals surface area contributed by atoms with E-state index in [-0.39, 0.29) is 0 Å². The minimum absolute atomic E-state index is 0.576. The Morgan fingerprint density at radius 2 is 2.11 bits per heavy atom. The summed E-state index contributed by atoms with van der Waals surface area (Å²) in [6.07, 6.45) is -2.98. The fourth-order valence-electron chi connectivity index (χ4n) is 0.719. The van der Waals surface area contributed by atoms with Crippen LogP contribution in [0, 0.1) is 0 Å². The van der Waals surface area contributed by atoms with Crippen LogP contribution in [0.15, 0.2) is 0 Å². The molecule has 0 amide bonds. The number of hydrogen-bond acceptors (Lipinski definition) is 4. The maximum atomic E-state index is 10.4. The van der Waals surface area contributed by atoms with Gasteiger partial charge in [-0.1, -0.05) is 0 Å². The second-order valence-electron chi connectivity index (χ2n) is 2.08. The fourth-order valence-corrected chi connectivity index (χ4v) is 0.719. The van der Waals surface area contributed by atoms with E-state index in [2.05, 4.69) is 4.74 Å². The van der Waals surface area contributed by atoms with E-state index in [1.807, 2.05) is 0 Å². The van der Waals surface area contributed by atoms with Crippen molar-refractivity contribution in [2.24, 2.45) is 0 Å². The average Bonchev–Trinajstić information content (AvgIpc) is 1.98. The topological polar surface area (TPSA) is 66.8 Å². The predicted molar refractivity (Wildman–Crippen MR) is 27.6 cm³/mol. The molecule has 0 saturated carbocycles. The number of esters is 1. The van der Waals surface area contributed by atoms with Gasteiger partial charge in [0.05, 0.1) is 0 Å². The lowest BCUT2D eigenvalue weighted by atomic mass is 10.2. The average molecular weight is 132 g/mol. The lowest BCUT2D eigenvalue weighted by Crippen LogP contribution is -2.29. The standard InChI is InChI=1S/C5H8O4/c1-2-3(6)4(7)5(8)9-2/h2-4,6-7H,1H3. The number of cyclic esters (lactones) is 1. The largest absolute Gasteiger partial charge is 0.458 e. The van der Waals surface area contributed by atoms with Gasteiger partial charge in [-0.3, -0.25) is 0 Å². The number of rotatable bonds is 0. The van der Waals surface area contributed by atoms with Crippen LogP contribution in [0.2, 0.25) is 0 Å². The number of ether oxygens (including phenoxy) is 1. The zero-order valence-electron chi connectivity index (χ0n) is 4.94. The molecule has 1 heterocycles. The molecule has 1 aliphatic heterocycles. The zero-order valence-corrected chi connectivity index (χ0v) is 4.94. The van der Waals surface area contributed by atoms with E-state index in [0.717, 1.165) is 0 Å². The molecule has 52 valence electrons. The number of hydrogen-bond donors (Lipinski definition) is 2. The van der Waals surface area contributed by atoms with Crippen LogP contribution in [0.5, 0.6) is 0 Å². The molecule has 0 aromatic carbocycles. The third-order valence-electron chi connectivity index (χ3n) is 1.35. The van der Waals surface area contributed by atoms with Gasteiger partial charge in [-0.2, -0.15) is 0 Å². The van der Waals surface area contributed by atoms with Crippen molar-refractivity contribution in [2.45, 2.75) is 25.2 Å². The Bertz CT molecular complexity index is 133. The minimum Gasteiger partial charge on any atom is -0.458 e. The smallest absolute Gasteiger partial charge is 0.338 e. The first-order valence-corrected chi connectivity index (χ1v) is 2.69. The zero-order chi connectivity index (χ0) is 7.02. The molecule has 0 aromatic heterocycles. The first-order valence-electron chi connectivity index (χ1n) is 2.69. The Kier molecular flexibility index (Phi) is 1.42. The maximum Gasteiger partial charge on any atom is 0.338 e. The second-order valence-corrected chi connectivity index (χ2v) is 2.08. The summed E-state index contributed by atoms with van der Waals surface area (Å²) in [6.45, 7) is 1.53. The van der Waals surface area contributed by atoms with Crippen molar-refractivity contribution in [1.82, 2.24) is 0 Å². The molecule has 0 bridgehead atoms. The SMILES string of the molecule is CC1OC(=O)C(O)C1O. The first-order chi connectivity index (χ1) is 4.13. The predicted octanol–water partition coefficient (Wildman–Crippen LogP) is -1.35. The van der Waals surface area contributed by atoms with E-state index in [0.29, 0.717) is 0 Å². The van der Waals surface area contributed by atoms with Crippen molar-refractivity contribution in [3.05, 3.63) is 0 Å². The highest BCUT2D eigenvalue weighted by Gasteiger charge is 2.39. The van der Waals surface area contributed by atoms with Gasteiger partial charge >= 0.3 is 5.97 Å². The number of carbonyl (C=O) groups excluding carboxylic acids is 1. The highest BCUT2D eigenvalue weighted by atomic mass is 16.6. The lowest BCUT2D eigenvalue weighted by molar-refractivity contribution is -0.146. The summed E-state index contributed by atoms with van der Waals surface area (Å²) >= 11 is 0. The summed E-state index contributed by atoms with van der Waals surface area (Å²) in [7, 11) is 0. The van der Waals surface area contributed by atoms with Crippen molar-refractivity contribution in [3.63, 3.8) is 0 Å². The Morgan fingerprint density at radius 3 is 2.22 bits per heavy atom. The summed E-state index contributed by atoms with van der Waals surface area (Å²) < 4.78 is 4.45. The van der Waals surface area contributed by atoms with Crippen molar-refractivity contribution in [1.29, 1.82) is 0 Å². The Labute approximate surface area is 52.1 Å². The van der Waals surface area contributed by atoms with Crippen molar-refractivity contribution in [2.75, 3.05) is 0 Å². The minimum atomic E-state index is -1.35. The molecule has 1 aliphatic rings. The van der Waals surface area contributed by atoms with Gasteiger partial charge in [0.15, 0.2) is 6.10 Å². The van der Waals surface area contributed by atoms with Gasteiger partial charge < -0.3 is 14.9 Å². The number of carbonyl (C=O) groups is 1. The lowest BCUT2D eigenvalue weighted by Gasteiger charge is -2.04. The molecule has 1 saturated heterocycles. The van der Waals surface area contributed by atoms with Crippen LogP contribution < -0.4 is 0 Å². The molecule has 0 spiro atoms. The van der Waals surface area contributed by atoms with Gasteiger partial charge in [-0.15, -0.1) is 0 Å². The fraction of sp³-hybridized carbons (Fsp3) is 0.800. The monoisotopic (exact) mass is 132 g/mol. The Balaban J connectivity index is 2.65. The molecular formula is C5H8O4. The molecule has 0 radical (unpaired) electrons. The summed E-state index contributed by atoms with van der Waals surface area (Å²) in [4.78, 5) is 10.4. The molecule has 4 nitrogen and oxygen atoms in total. The van der Waals surface area contributed by atoms with E-state index >= 15 is 0 Å². The maximum absolute atomic E-state index is 10.4. The highest BCUT2D eigenvalue weighted by molar-refractivity contribution is 5.77. The van der Waals surface area contributed by atoms with E-state index in [1.54, 1.807) is 0 Å².